The minimum absolute atomic E-state index is 0.00616. The normalized spacial score (nSPS) is 27.6. The number of aliphatic hydroxyl groups excluding tert-OH is 1. The summed E-state index contributed by atoms with van der Waals surface area (Å²) in [6.07, 6.45) is 8.86. The molecule has 3 amide bonds. The first-order valence-electron chi connectivity index (χ1n) is 16.3. The van der Waals surface area contributed by atoms with Gasteiger partial charge in [-0.3, -0.25) is 14.4 Å². The standard InChI is InChI=1S/C35H51N3O5S/c1-7-14-25(5)36(21-8-2)33(42)30-35-20-19-34(6,44-35)28(29(35)32(41)38(30)23-12-11-13-24-39)31(40)37(22-9-3)26-15-17-27(18-16-26)43-10-4/h8-9,15-18,25,28-30,39H,2-3,7,10-14,19-24H2,1,4-6H3/t25?,28-,29-,30?,34+,35?/m0/s1. The van der Waals surface area contributed by atoms with Gasteiger partial charge in [0.15, 0.2) is 0 Å². The molecule has 8 nitrogen and oxygen atoms in total. The molecular formula is C35H51N3O5S. The van der Waals surface area contributed by atoms with E-state index in [9.17, 15) is 19.5 Å². The van der Waals surface area contributed by atoms with Crippen LogP contribution in [0.5, 0.6) is 5.75 Å². The Labute approximate surface area is 267 Å². The second-order valence-electron chi connectivity index (χ2n) is 12.6. The van der Waals surface area contributed by atoms with Crippen LogP contribution in [0.2, 0.25) is 0 Å². The molecular weight excluding hydrogens is 574 g/mol. The topological polar surface area (TPSA) is 90.4 Å². The highest BCUT2D eigenvalue weighted by atomic mass is 32.2. The molecule has 3 heterocycles. The molecule has 2 bridgehead atoms. The molecule has 3 aliphatic rings. The van der Waals surface area contributed by atoms with Crippen LogP contribution in [0.25, 0.3) is 0 Å². The van der Waals surface area contributed by atoms with Gasteiger partial charge in [-0.15, -0.1) is 24.9 Å². The van der Waals surface area contributed by atoms with Gasteiger partial charge in [-0.2, -0.15) is 0 Å². The predicted octanol–water partition coefficient (Wildman–Crippen LogP) is 5.45. The zero-order valence-electron chi connectivity index (χ0n) is 27.0. The maximum absolute atomic E-state index is 14.7. The van der Waals surface area contributed by atoms with E-state index in [1.54, 1.807) is 33.7 Å². The van der Waals surface area contributed by atoms with E-state index >= 15 is 0 Å². The number of aliphatic hydroxyl groups is 1. The highest BCUT2D eigenvalue weighted by Crippen LogP contribution is 2.71. The van der Waals surface area contributed by atoms with Gasteiger partial charge in [-0.1, -0.05) is 25.5 Å². The van der Waals surface area contributed by atoms with Gasteiger partial charge in [0.25, 0.3) is 0 Å². The summed E-state index contributed by atoms with van der Waals surface area (Å²) in [6, 6.07) is 6.84. The number of carbonyl (C=O) groups is 3. The molecule has 0 saturated carbocycles. The molecule has 44 heavy (non-hydrogen) atoms. The van der Waals surface area contributed by atoms with Crippen molar-refractivity contribution < 1.29 is 24.2 Å². The number of hydrogen-bond donors (Lipinski definition) is 1. The second kappa shape index (κ2) is 14.5. The number of likely N-dealkylation sites (tertiary alicyclic amines) is 1. The summed E-state index contributed by atoms with van der Waals surface area (Å²) in [5.74, 6) is -0.655. The lowest BCUT2D eigenvalue weighted by Crippen LogP contribution is -2.56. The molecule has 3 saturated heterocycles. The number of unbranched alkanes of at least 4 members (excludes halogenated alkanes) is 2. The Kier molecular flexibility index (Phi) is 11.3. The fraction of sp³-hybridized carbons (Fsp3) is 0.629. The minimum Gasteiger partial charge on any atom is -0.494 e. The Hall–Kier alpha value is -2.78. The van der Waals surface area contributed by atoms with Crippen molar-refractivity contribution in [3.05, 3.63) is 49.6 Å². The number of nitrogens with zero attached hydrogens (tertiary/aromatic N) is 3. The maximum atomic E-state index is 14.7. The summed E-state index contributed by atoms with van der Waals surface area (Å²) in [5, 5.41) is 9.36. The van der Waals surface area contributed by atoms with Crippen molar-refractivity contribution in [1.29, 1.82) is 0 Å². The molecule has 1 aromatic carbocycles. The molecule has 9 heteroatoms. The summed E-state index contributed by atoms with van der Waals surface area (Å²) >= 11 is 1.71. The molecule has 242 valence electrons. The average Bonchev–Trinajstić information content (AvgIpc) is 3.57. The van der Waals surface area contributed by atoms with Gasteiger partial charge in [0.05, 0.1) is 23.2 Å². The maximum Gasteiger partial charge on any atom is 0.247 e. The van der Waals surface area contributed by atoms with Gasteiger partial charge >= 0.3 is 0 Å². The third kappa shape index (κ3) is 6.19. The van der Waals surface area contributed by atoms with Gasteiger partial charge in [-0.05, 0) is 83.6 Å². The van der Waals surface area contributed by atoms with E-state index in [1.807, 2.05) is 36.1 Å². The van der Waals surface area contributed by atoms with Crippen LogP contribution in [0.15, 0.2) is 49.6 Å². The van der Waals surface area contributed by atoms with Crippen molar-refractivity contribution in [2.24, 2.45) is 11.8 Å². The first-order chi connectivity index (χ1) is 21.1. The van der Waals surface area contributed by atoms with E-state index in [0.29, 0.717) is 45.5 Å². The lowest BCUT2D eigenvalue weighted by atomic mass is 9.66. The molecule has 3 unspecified atom stereocenters. The zero-order chi connectivity index (χ0) is 32.1. The number of anilines is 1. The molecule has 0 aromatic heterocycles. The number of rotatable bonds is 17. The average molecular weight is 626 g/mol. The molecule has 4 rings (SSSR count). The Bertz CT molecular complexity index is 1210. The monoisotopic (exact) mass is 625 g/mol. The van der Waals surface area contributed by atoms with E-state index in [1.165, 1.54) is 0 Å². The first kappa shape index (κ1) is 34.1. The second-order valence-corrected chi connectivity index (χ2v) is 14.5. The fourth-order valence-electron chi connectivity index (χ4n) is 7.76. The lowest BCUT2D eigenvalue weighted by Gasteiger charge is -2.39. The van der Waals surface area contributed by atoms with Crippen molar-refractivity contribution in [3.8, 4) is 5.75 Å². The Morgan fingerprint density at radius 3 is 2.43 bits per heavy atom. The molecule has 0 aliphatic carbocycles. The number of amides is 3. The van der Waals surface area contributed by atoms with Crippen LogP contribution in [0.4, 0.5) is 5.69 Å². The van der Waals surface area contributed by atoms with Crippen LogP contribution < -0.4 is 9.64 Å². The number of hydrogen-bond acceptors (Lipinski definition) is 6. The van der Waals surface area contributed by atoms with Crippen molar-refractivity contribution in [1.82, 2.24) is 9.80 Å². The summed E-state index contributed by atoms with van der Waals surface area (Å²) in [6.45, 7) is 17.9. The van der Waals surface area contributed by atoms with E-state index < -0.39 is 27.4 Å². The minimum atomic E-state index is -0.676. The predicted molar refractivity (Wildman–Crippen MR) is 178 cm³/mol. The Morgan fingerprint density at radius 2 is 1.82 bits per heavy atom. The lowest BCUT2D eigenvalue weighted by molar-refractivity contribution is -0.144. The summed E-state index contributed by atoms with van der Waals surface area (Å²) in [5.41, 5.74) is 0.730. The fourth-order valence-corrected chi connectivity index (χ4v) is 10.1. The van der Waals surface area contributed by atoms with Crippen molar-refractivity contribution in [2.75, 3.05) is 37.7 Å². The quantitative estimate of drug-likeness (QED) is 0.183. The molecule has 3 aliphatic heterocycles. The molecule has 1 spiro atoms. The molecule has 1 N–H and O–H groups in total. The number of thioether (sulfide) groups is 1. The third-order valence-corrected chi connectivity index (χ3v) is 11.7. The number of fused-ring (bicyclic) bond motifs is 1. The highest BCUT2D eigenvalue weighted by molar-refractivity contribution is 8.02. The van der Waals surface area contributed by atoms with Crippen LogP contribution in [0, 0.1) is 11.8 Å². The Morgan fingerprint density at radius 1 is 1.11 bits per heavy atom. The number of carbonyl (C=O) groups excluding carboxylic acids is 3. The van der Waals surface area contributed by atoms with Crippen LogP contribution >= 0.6 is 11.8 Å². The van der Waals surface area contributed by atoms with E-state index in [-0.39, 0.29) is 30.4 Å². The highest BCUT2D eigenvalue weighted by Gasteiger charge is 2.77. The largest absolute Gasteiger partial charge is 0.494 e. The van der Waals surface area contributed by atoms with Gasteiger partial charge in [0.2, 0.25) is 17.7 Å². The van der Waals surface area contributed by atoms with Crippen LogP contribution in [0.1, 0.15) is 72.6 Å². The molecule has 1 aromatic rings. The SMILES string of the molecule is C=CCN(C(=O)[C@@H]1[C@H]2C(=O)N(CCCCCO)C(C(=O)N(CC=C)C(C)CCC)C23CC[C@@]1(C)S3)c1ccc(OCC)cc1. The smallest absolute Gasteiger partial charge is 0.247 e. The van der Waals surface area contributed by atoms with E-state index in [2.05, 4.69) is 33.9 Å². The van der Waals surface area contributed by atoms with Crippen molar-refractivity contribution in [3.63, 3.8) is 0 Å². The van der Waals surface area contributed by atoms with Gasteiger partial charge in [0, 0.05) is 42.7 Å². The molecule has 0 radical (unpaired) electrons. The van der Waals surface area contributed by atoms with Crippen LogP contribution in [-0.2, 0) is 14.4 Å². The molecule has 3 fully saturated rings. The van der Waals surface area contributed by atoms with Crippen molar-refractivity contribution >= 4 is 35.2 Å². The zero-order valence-corrected chi connectivity index (χ0v) is 27.8. The van der Waals surface area contributed by atoms with E-state index in [4.69, 9.17) is 4.74 Å². The number of ether oxygens (including phenoxy) is 1. The Balaban J connectivity index is 1.75. The van der Waals surface area contributed by atoms with Gasteiger partial charge in [0.1, 0.15) is 11.8 Å². The number of benzene rings is 1. The summed E-state index contributed by atoms with van der Waals surface area (Å²) < 4.78 is 4.47. The van der Waals surface area contributed by atoms with Crippen LogP contribution in [-0.4, -0.2) is 87.1 Å². The molecule has 6 atom stereocenters. The van der Waals surface area contributed by atoms with Gasteiger partial charge < -0.3 is 24.5 Å². The summed E-state index contributed by atoms with van der Waals surface area (Å²) in [4.78, 5) is 49.3. The third-order valence-electron chi connectivity index (χ3n) is 9.72. The van der Waals surface area contributed by atoms with E-state index in [0.717, 1.165) is 37.1 Å². The van der Waals surface area contributed by atoms with Crippen molar-refractivity contribution in [2.45, 2.75) is 94.2 Å². The van der Waals surface area contributed by atoms with Gasteiger partial charge in [-0.25, -0.2) is 0 Å². The van der Waals surface area contributed by atoms with Crippen LogP contribution in [0.3, 0.4) is 0 Å². The first-order valence-corrected chi connectivity index (χ1v) is 17.1. The summed E-state index contributed by atoms with van der Waals surface area (Å²) in [7, 11) is 0.